The van der Waals surface area contributed by atoms with Crippen molar-refractivity contribution in [3.05, 3.63) is 65.7 Å². The van der Waals surface area contributed by atoms with Gasteiger partial charge in [-0.05, 0) is 36.1 Å². The highest BCUT2D eigenvalue weighted by molar-refractivity contribution is 5.35. The molecule has 0 atom stereocenters. The summed E-state index contributed by atoms with van der Waals surface area (Å²) in [6.45, 7) is 1.34. The van der Waals surface area contributed by atoms with Crippen molar-refractivity contribution in [3.63, 3.8) is 0 Å². The topological polar surface area (TPSA) is 35.2 Å². The summed E-state index contributed by atoms with van der Waals surface area (Å²) in [4.78, 5) is 0. The lowest BCUT2D eigenvalue weighted by Gasteiger charge is -2.37. The predicted molar refractivity (Wildman–Crippen MR) is 91.0 cm³/mol. The lowest BCUT2D eigenvalue weighted by molar-refractivity contribution is 0.291. The highest BCUT2D eigenvalue weighted by atomic mass is 16.5. The van der Waals surface area contributed by atoms with Gasteiger partial charge in [-0.2, -0.15) is 0 Å². The molecule has 2 nitrogen and oxygen atoms in total. The smallest absolute Gasteiger partial charge is 0.120 e. The standard InChI is InChI=1S/C20H25NO/c21-16-20(12-5-2-6-13-20)18-10-7-11-19(14-18)22-15-17-8-3-1-4-9-17/h1,3-4,7-11,14H,2,5-6,12-13,15-16,21H2. The van der Waals surface area contributed by atoms with Crippen LogP contribution in [0.2, 0.25) is 0 Å². The fourth-order valence-corrected chi connectivity index (χ4v) is 3.50. The van der Waals surface area contributed by atoms with Crippen LogP contribution >= 0.6 is 0 Å². The first-order valence-electron chi connectivity index (χ1n) is 8.30. The van der Waals surface area contributed by atoms with Gasteiger partial charge in [0.15, 0.2) is 0 Å². The molecule has 1 aliphatic carbocycles. The monoisotopic (exact) mass is 295 g/mol. The molecule has 3 rings (SSSR count). The van der Waals surface area contributed by atoms with Crippen LogP contribution in [-0.2, 0) is 12.0 Å². The van der Waals surface area contributed by atoms with E-state index in [1.807, 2.05) is 24.3 Å². The maximum atomic E-state index is 6.14. The molecule has 2 aromatic rings. The number of nitrogens with two attached hydrogens (primary N) is 1. The predicted octanol–water partition coefficient (Wildman–Crippen LogP) is 4.43. The first kappa shape index (κ1) is 15.1. The van der Waals surface area contributed by atoms with Gasteiger partial charge in [-0.15, -0.1) is 0 Å². The molecule has 0 aliphatic heterocycles. The molecular weight excluding hydrogens is 270 g/mol. The molecule has 1 aliphatic rings. The Morgan fingerprint density at radius 2 is 1.68 bits per heavy atom. The second kappa shape index (κ2) is 6.97. The van der Waals surface area contributed by atoms with Gasteiger partial charge in [0, 0.05) is 12.0 Å². The minimum Gasteiger partial charge on any atom is -0.489 e. The van der Waals surface area contributed by atoms with E-state index in [9.17, 15) is 0 Å². The molecule has 0 spiro atoms. The zero-order valence-electron chi connectivity index (χ0n) is 13.1. The van der Waals surface area contributed by atoms with Gasteiger partial charge in [0.05, 0.1) is 0 Å². The number of benzene rings is 2. The summed E-state index contributed by atoms with van der Waals surface area (Å²) in [7, 11) is 0. The molecule has 0 saturated heterocycles. The normalized spacial score (nSPS) is 17.1. The van der Waals surface area contributed by atoms with Crippen molar-refractivity contribution in [1.29, 1.82) is 0 Å². The van der Waals surface area contributed by atoms with E-state index in [0.717, 1.165) is 12.3 Å². The summed E-state index contributed by atoms with van der Waals surface area (Å²) >= 11 is 0. The van der Waals surface area contributed by atoms with Crippen molar-refractivity contribution in [1.82, 2.24) is 0 Å². The summed E-state index contributed by atoms with van der Waals surface area (Å²) in [5.74, 6) is 0.944. The third-order valence-corrected chi connectivity index (χ3v) is 4.90. The minimum absolute atomic E-state index is 0.157. The van der Waals surface area contributed by atoms with Crippen molar-refractivity contribution in [2.75, 3.05) is 6.54 Å². The number of hydrogen-bond acceptors (Lipinski definition) is 2. The first-order chi connectivity index (χ1) is 10.8. The van der Waals surface area contributed by atoms with Crippen LogP contribution in [0.15, 0.2) is 54.6 Å². The first-order valence-corrected chi connectivity index (χ1v) is 8.30. The van der Waals surface area contributed by atoms with Gasteiger partial charge in [-0.1, -0.05) is 61.7 Å². The van der Waals surface area contributed by atoms with Crippen LogP contribution in [0.3, 0.4) is 0 Å². The lowest BCUT2D eigenvalue weighted by atomic mass is 9.69. The molecular formula is C20H25NO. The van der Waals surface area contributed by atoms with E-state index in [0.29, 0.717) is 6.61 Å². The Balaban J connectivity index is 1.74. The molecule has 1 saturated carbocycles. The van der Waals surface area contributed by atoms with Gasteiger partial charge in [-0.25, -0.2) is 0 Å². The van der Waals surface area contributed by atoms with Crippen LogP contribution < -0.4 is 10.5 Å². The molecule has 0 unspecified atom stereocenters. The highest BCUT2D eigenvalue weighted by Crippen LogP contribution is 2.39. The largest absolute Gasteiger partial charge is 0.489 e. The van der Waals surface area contributed by atoms with E-state index in [1.54, 1.807) is 0 Å². The van der Waals surface area contributed by atoms with Crippen molar-refractivity contribution in [2.45, 2.75) is 44.1 Å². The van der Waals surface area contributed by atoms with Gasteiger partial charge in [0.1, 0.15) is 12.4 Å². The molecule has 2 N–H and O–H groups in total. The quantitative estimate of drug-likeness (QED) is 0.886. The third-order valence-electron chi connectivity index (χ3n) is 4.90. The fourth-order valence-electron chi connectivity index (χ4n) is 3.50. The summed E-state index contributed by atoms with van der Waals surface area (Å²) in [5, 5.41) is 0. The van der Waals surface area contributed by atoms with Crippen LogP contribution in [0.25, 0.3) is 0 Å². The zero-order valence-corrected chi connectivity index (χ0v) is 13.1. The highest BCUT2D eigenvalue weighted by Gasteiger charge is 2.32. The molecule has 0 amide bonds. The minimum atomic E-state index is 0.157. The number of rotatable bonds is 5. The maximum Gasteiger partial charge on any atom is 0.120 e. The van der Waals surface area contributed by atoms with Crippen molar-refractivity contribution >= 4 is 0 Å². The SMILES string of the molecule is NCC1(c2cccc(OCc3ccccc3)c2)CCCCC1. The molecule has 2 heteroatoms. The third kappa shape index (κ3) is 3.33. The van der Waals surface area contributed by atoms with Crippen LogP contribution in [-0.4, -0.2) is 6.54 Å². The fraction of sp³-hybridized carbons (Fsp3) is 0.400. The molecule has 22 heavy (non-hydrogen) atoms. The molecule has 0 radical (unpaired) electrons. The Morgan fingerprint density at radius 1 is 0.909 bits per heavy atom. The molecule has 2 aromatic carbocycles. The Bertz CT molecular complexity index is 588. The van der Waals surface area contributed by atoms with E-state index in [2.05, 4.69) is 30.3 Å². The number of hydrogen-bond donors (Lipinski definition) is 1. The summed E-state index contributed by atoms with van der Waals surface area (Å²) in [6.07, 6.45) is 6.31. The van der Waals surface area contributed by atoms with Crippen molar-refractivity contribution in [3.8, 4) is 5.75 Å². The molecule has 0 aromatic heterocycles. The van der Waals surface area contributed by atoms with E-state index >= 15 is 0 Å². The van der Waals surface area contributed by atoms with Crippen LogP contribution in [0.4, 0.5) is 0 Å². The van der Waals surface area contributed by atoms with Gasteiger partial charge >= 0.3 is 0 Å². The van der Waals surface area contributed by atoms with Gasteiger partial charge < -0.3 is 10.5 Å². The molecule has 1 fully saturated rings. The molecule has 0 bridgehead atoms. The second-order valence-electron chi connectivity index (χ2n) is 6.35. The van der Waals surface area contributed by atoms with Crippen molar-refractivity contribution < 1.29 is 4.74 Å². The zero-order chi connectivity index (χ0) is 15.3. The van der Waals surface area contributed by atoms with Gasteiger partial charge in [0.2, 0.25) is 0 Å². The van der Waals surface area contributed by atoms with Gasteiger partial charge in [-0.3, -0.25) is 0 Å². The van der Waals surface area contributed by atoms with Crippen LogP contribution in [0.5, 0.6) is 5.75 Å². The average molecular weight is 295 g/mol. The van der Waals surface area contributed by atoms with E-state index < -0.39 is 0 Å². The van der Waals surface area contributed by atoms with Crippen LogP contribution in [0, 0.1) is 0 Å². The van der Waals surface area contributed by atoms with E-state index in [-0.39, 0.29) is 5.41 Å². The number of ether oxygens (including phenoxy) is 1. The Labute approximate surface area is 133 Å². The second-order valence-corrected chi connectivity index (χ2v) is 6.35. The Kier molecular flexibility index (Phi) is 4.79. The van der Waals surface area contributed by atoms with Crippen molar-refractivity contribution in [2.24, 2.45) is 5.73 Å². The van der Waals surface area contributed by atoms with Crippen LogP contribution in [0.1, 0.15) is 43.2 Å². The lowest BCUT2D eigenvalue weighted by Crippen LogP contribution is -2.37. The van der Waals surface area contributed by atoms with Gasteiger partial charge in [0.25, 0.3) is 0 Å². The van der Waals surface area contributed by atoms with E-state index in [1.165, 1.54) is 43.2 Å². The summed E-state index contributed by atoms with van der Waals surface area (Å²) < 4.78 is 5.97. The average Bonchev–Trinajstić information content (AvgIpc) is 2.62. The summed E-state index contributed by atoms with van der Waals surface area (Å²) in [5.41, 5.74) is 8.84. The maximum absolute atomic E-state index is 6.14. The molecule has 0 heterocycles. The van der Waals surface area contributed by atoms with E-state index in [4.69, 9.17) is 10.5 Å². The Hall–Kier alpha value is -1.80. The Morgan fingerprint density at radius 3 is 2.41 bits per heavy atom. The summed E-state index contributed by atoms with van der Waals surface area (Å²) in [6, 6.07) is 18.8. The molecule has 116 valence electrons.